The van der Waals surface area contributed by atoms with Gasteiger partial charge in [-0.15, -0.1) is 11.3 Å². The summed E-state index contributed by atoms with van der Waals surface area (Å²) >= 11 is 1.73. The fraction of sp³-hybridized carbons (Fsp3) is 0.769. The number of nitrogens with one attached hydrogen (secondary N) is 1. The Balaban J connectivity index is 2.19. The molecule has 0 bridgehead atoms. The van der Waals surface area contributed by atoms with Crippen molar-refractivity contribution in [1.82, 2.24) is 15.2 Å². The van der Waals surface area contributed by atoms with Crippen LogP contribution in [0.2, 0.25) is 0 Å². The van der Waals surface area contributed by atoms with Gasteiger partial charge in [0.05, 0.1) is 10.7 Å². The largest absolute Gasteiger partial charge is 0.313 e. The number of hydrogen-bond donors (Lipinski definition) is 1. The number of rotatable bonds is 8. The SMILES string of the molecule is CCC(CC)NCCN(C)Cc1csc(C)n1. The molecule has 0 saturated heterocycles. The summed E-state index contributed by atoms with van der Waals surface area (Å²) < 4.78 is 0. The molecule has 0 radical (unpaired) electrons. The van der Waals surface area contributed by atoms with Crippen molar-refractivity contribution in [3.05, 3.63) is 16.1 Å². The summed E-state index contributed by atoms with van der Waals surface area (Å²) in [7, 11) is 2.16. The van der Waals surface area contributed by atoms with E-state index >= 15 is 0 Å². The predicted octanol–water partition coefficient (Wildman–Crippen LogP) is 2.66. The van der Waals surface area contributed by atoms with Gasteiger partial charge in [-0.3, -0.25) is 4.90 Å². The third kappa shape index (κ3) is 5.61. The Bertz CT molecular complexity index is 307. The van der Waals surface area contributed by atoms with E-state index in [2.05, 4.69) is 48.4 Å². The fourth-order valence-electron chi connectivity index (χ4n) is 1.87. The van der Waals surface area contributed by atoms with Gasteiger partial charge in [0.1, 0.15) is 0 Å². The Morgan fingerprint density at radius 2 is 2.12 bits per heavy atom. The topological polar surface area (TPSA) is 28.2 Å². The minimum atomic E-state index is 0.671. The lowest BCUT2D eigenvalue weighted by atomic mass is 10.2. The van der Waals surface area contributed by atoms with Crippen molar-refractivity contribution in [2.24, 2.45) is 0 Å². The third-order valence-corrected chi connectivity index (χ3v) is 3.83. The number of likely N-dealkylation sites (N-methyl/N-ethyl adjacent to an activating group) is 1. The predicted molar refractivity (Wildman–Crippen MR) is 75.6 cm³/mol. The van der Waals surface area contributed by atoms with E-state index in [1.54, 1.807) is 11.3 Å². The first-order valence-corrected chi connectivity index (χ1v) is 7.36. The summed E-state index contributed by atoms with van der Waals surface area (Å²) in [5.74, 6) is 0. The highest BCUT2D eigenvalue weighted by atomic mass is 32.1. The second-order valence-corrected chi connectivity index (χ2v) is 5.63. The molecule has 1 rings (SSSR count). The maximum absolute atomic E-state index is 4.48. The first-order chi connectivity index (χ1) is 8.15. The van der Waals surface area contributed by atoms with E-state index < -0.39 is 0 Å². The minimum absolute atomic E-state index is 0.671. The Kier molecular flexibility index (Phi) is 6.70. The molecule has 3 nitrogen and oxygen atoms in total. The van der Waals surface area contributed by atoms with E-state index in [1.807, 2.05) is 0 Å². The molecule has 0 aliphatic carbocycles. The Labute approximate surface area is 109 Å². The van der Waals surface area contributed by atoms with Crippen molar-refractivity contribution >= 4 is 11.3 Å². The van der Waals surface area contributed by atoms with Crippen molar-refractivity contribution in [2.75, 3.05) is 20.1 Å². The summed E-state index contributed by atoms with van der Waals surface area (Å²) in [6.45, 7) is 9.63. The first kappa shape index (κ1) is 14.6. The van der Waals surface area contributed by atoms with Gasteiger partial charge >= 0.3 is 0 Å². The van der Waals surface area contributed by atoms with E-state index in [9.17, 15) is 0 Å². The monoisotopic (exact) mass is 255 g/mol. The Hall–Kier alpha value is -0.450. The number of aryl methyl sites for hydroxylation is 1. The lowest BCUT2D eigenvalue weighted by Gasteiger charge is -2.19. The smallest absolute Gasteiger partial charge is 0.0897 e. The van der Waals surface area contributed by atoms with Crippen LogP contribution in [-0.4, -0.2) is 36.1 Å². The van der Waals surface area contributed by atoms with E-state index in [1.165, 1.54) is 18.5 Å². The van der Waals surface area contributed by atoms with Crippen LogP contribution in [0, 0.1) is 6.92 Å². The Morgan fingerprint density at radius 3 is 2.65 bits per heavy atom. The van der Waals surface area contributed by atoms with Gasteiger partial charge in [-0.1, -0.05) is 13.8 Å². The molecule has 0 saturated carbocycles. The standard InChI is InChI=1S/C13H25N3S/c1-5-12(6-2)14-7-8-16(4)9-13-10-17-11(3)15-13/h10,12,14H,5-9H2,1-4H3. The van der Waals surface area contributed by atoms with E-state index in [0.29, 0.717) is 6.04 Å². The number of hydrogen-bond acceptors (Lipinski definition) is 4. The van der Waals surface area contributed by atoms with E-state index in [-0.39, 0.29) is 0 Å². The van der Waals surface area contributed by atoms with Gasteiger partial charge in [0.2, 0.25) is 0 Å². The summed E-state index contributed by atoms with van der Waals surface area (Å²) in [6.07, 6.45) is 2.43. The van der Waals surface area contributed by atoms with Crippen molar-refractivity contribution in [3.63, 3.8) is 0 Å². The molecule has 1 heterocycles. The lowest BCUT2D eigenvalue weighted by Crippen LogP contribution is -2.35. The molecule has 0 spiro atoms. The molecular weight excluding hydrogens is 230 g/mol. The molecule has 1 aromatic heterocycles. The zero-order valence-corrected chi connectivity index (χ0v) is 12.3. The zero-order chi connectivity index (χ0) is 12.7. The molecule has 0 unspecified atom stereocenters. The number of aromatic nitrogens is 1. The quantitative estimate of drug-likeness (QED) is 0.774. The second kappa shape index (κ2) is 7.80. The van der Waals surface area contributed by atoms with Crippen LogP contribution in [0.4, 0.5) is 0 Å². The molecule has 0 fully saturated rings. The van der Waals surface area contributed by atoms with Gasteiger partial charge < -0.3 is 5.32 Å². The molecule has 0 atom stereocenters. The Morgan fingerprint density at radius 1 is 1.41 bits per heavy atom. The van der Waals surface area contributed by atoms with Crippen molar-refractivity contribution in [3.8, 4) is 0 Å². The van der Waals surface area contributed by atoms with Gasteiger partial charge in [-0.2, -0.15) is 0 Å². The van der Waals surface area contributed by atoms with Gasteiger partial charge in [0.25, 0.3) is 0 Å². The van der Waals surface area contributed by atoms with Gasteiger partial charge in [-0.05, 0) is 26.8 Å². The van der Waals surface area contributed by atoms with E-state index in [4.69, 9.17) is 0 Å². The minimum Gasteiger partial charge on any atom is -0.313 e. The normalized spacial score (nSPS) is 11.6. The lowest BCUT2D eigenvalue weighted by molar-refractivity contribution is 0.311. The van der Waals surface area contributed by atoms with Crippen LogP contribution in [0.15, 0.2) is 5.38 Å². The summed E-state index contributed by atoms with van der Waals surface area (Å²) in [5, 5.41) is 6.89. The first-order valence-electron chi connectivity index (χ1n) is 6.48. The maximum atomic E-state index is 4.48. The van der Waals surface area contributed by atoms with Crippen LogP contribution < -0.4 is 5.32 Å². The second-order valence-electron chi connectivity index (χ2n) is 4.56. The van der Waals surface area contributed by atoms with Gasteiger partial charge in [0.15, 0.2) is 0 Å². The van der Waals surface area contributed by atoms with Crippen LogP contribution in [0.5, 0.6) is 0 Å². The van der Waals surface area contributed by atoms with Crippen molar-refractivity contribution in [1.29, 1.82) is 0 Å². The molecule has 0 aliphatic heterocycles. The van der Waals surface area contributed by atoms with Crippen LogP contribution in [0.25, 0.3) is 0 Å². The van der Waals surface area contributed by atoms with Crippen LogP contribution >= 0.6 is 11.3 Å². The van der Waals surface area contributed by atoms with E-state index in [0.717, 1.165) is 24.6 Å². The van der Waals surface area contributed by atoms with Crippen LogP contribution in [0.1, 0.15) is 37.4 Å². The fourth-order valence-corrected chi connectivity index (χ4v) is 2.48. The molecule has 0 aliphatic rings. The highest BCUT2D eigenvalue weighted by Gasteiger charge is 2.05. The van der Waals surface area contributed by atoms with Crippen molar-refractivity contribution < 1.29 is 0 Å². The summed E-state index contributed by atoms with van der Waals surface area (Å²) in [4.78, 5) is 6.81. The number of nitrogens with zero attached hydrogens (tertiary/aromatic N) is 2. The average Bonchev–Trinajstić information content (AvgIpc) is 2.70. The van der Waals surface area contributed by atoms with Crippen molar-refractivity contribution in [2.45, 2.75) is 46.2 Å². The molecule has 17 heavy (non-hydrogen) atoms. The molecule has 0 aromatic carbocycles. The summed E-state index contributed by atoms with van der Waals surface area (Å²) in [6, 6.07) is 0.671. The molecule has 98 valence electrons. The molecule has 4 heteroatoms. The maximum Gasteiger partial charge on any atom is 0.0897 e. The van der Waals surface area contributed by atoms with Gasteiger partial charge in [-0.25, -0.2) is 4.98 Å². The van der Waals surface area contributed by atoms with Crippen LogP contribution in [-0.2, 0) is 6.54 Å². The molecule has 0 amide bonds. The zero-order valence-electron chi connectivity index (χ0n) is 11.5. The number of thiazole rings is 1. The third-order valence-electron chi connectivity index (χ3n) is 3.01. The molecule has 1 aromatic rings. The molecule has 1 N–H and O–H groups in total. The average molecular weight is 255 g/mol. The summed E-state index contributed by atoms with van der Waals surface area (Å²) in [5.41, 5.74) is 1.19. The highest BCUT2D eigenvalue weighted by Crippen LogP contribution is 2.09. The van der Waals surface area contributed by atoms with Crippen LogP contribution in [0.3, 0.4) is 0 Å². The highest BCUT2D eigenvalue weighted by molar-refractivity contribution is 7.09. The molecular formula is C13H25N3S. The van der Waals surface area contributed by atoms with Gasteiger partial charge in [0, 0.05) is 31.1 Å².